The maximum absolute atomic E-state index is 5.80. The predicted octanol–water partition coefficient (Wildman–Crippen LogP) is 3.25. The minimum absolute atomic E-state index is 0.198. The van der Waals surface area contributed by atoms with Crippen molar-refractivity contribution in [1.82, 2.24) is 0 Å². The number of hydrogen-bond donors (Lipinski definition) is 0. The third-order valence-corrected chi connectivity index (χ3v) is 4.06. The lowest BCUT2D eigenvalue weighted by molar-refractivity contribution is -0.0287. The quantitative estimate of drug-likeness (QED) is 0.366. The third-order valence-electron chi connectivity index (χ3n) is 1.89. The lowest BCUT2D eigenvalue weighted by Gasteiger charge is -2.25. The Labute approximate surface area is 106 Å². The molecule has 1 atom stereocenters. The molecule has 0 aliphatic rings. The highest BCUT2D eigenvalue weighted by atomic mass is 127. The Kier molecular flexibility index (Phi) is 9.80. The van der Waals surface area contributed by atoms with Gasteiger partial charge in [0.2, 0.25) is 0 Å². The normalized spacial score (nSPS) is 15.4. The van der Waals surface area contributed by atoms with Gasteiger partial charge in [-0.1, -0.05) is 35.9 Å². The van der Waals surface area contributed by atoms with Gasteiger partial charge in [0, 0.05) is 11.0 Å². The van der Waals surface area contributed by atoms with Gasteiger partial charge in [-0.3, -0.25) is 0 Å². The summed E-state index contributed by atoms with van der Waals surface area (Å²) in [6.45, 7) is 6.32. The predicted molar refractivity (Wildman–Crippen MR) is 69.7 cm³/mol. The highest BCUT2D eigenvalue weighted by molar-refractivity contribution is 14.1. The van der Waals surface area contributed by atoms with Crippen LogP contribution < -0.4 is 0 Å². The Balaban J connectivity index is 3.34. The molecule has 4 heteroatoms. The summed E-state index contributed by atoms with van der Waals surface area (Å²) >= 11 is 8.09. The molecule has 0 heterocycles. The van der Waals surface area contributed by atoms with Gasteiger partial charge in [-0.2, -0.15) is 0 Å². The standard InChI is InChI=1S/C10H20ClIO2/c1-3-4-5-13-6-7-14-10(2,8-11)9-12/h3-9H2,1-2H3. The summed E-state index contributed by atoms with van der Waals surface area (Å²) in [7, 11) is 0. The van der Waals surface area contributed by atoms with Crippen LogP contribution in [0.5, 0.6) is 0 Å². The molecule has 0 aromatic carbocycles. The van der Waals surface area contributed by atoms with Crippen LogP contribution in [-0.2, 0) is 9.47 Å². The number of rotatable bonds is 9. The fraction of sp³-hybridized carbons (Fsp3) is 1.00. The first-order valence-electron chi connectivity index (χ1n) is 5.02. The van der Waals surface area contributed by atoms with Crippen molar-refractivity contribution in [3.8, 4) is 0 Å². The summed E-state index contributed by atoms with van der Waals surface area (Å²) < 4.78 is 11.9. The average molecular weight is 335 g/mol. The molecule has 0 bridgehead atoms. The van der Waals surface area contributed by atoms with Crippen LogP contribution in [0.3, 0.4) is 0 Å². The zero-order chi connectivity index (χ0) is 10.9. The molecule has 2 nitrogen and oxygen atoms in total. The number of ether oxygens (including phenoxy) is 2. The average Bonchev–Trinajstić information content (AvgIpc) is 2.23. The second-order valence-corrected chi connectivity index (χ2v) is 4.56. The fourth-order valence-electron chi connectivity index (χ4n) is 0.808. The van der Waals surface area contributed by atoms with Crippen molar-refractivity contribution in [2.45, 2.75) is 32.3 Å². The van der Waals surface area contributed by atoms with E-state index in [0.717, 1.165) is 17.5 Å². The Bertz CT molecular complexity index is 129. The minimum Gasteiger partial charge on any atom is -0.379 e. The number of hydrogen-bond acceptors (Lipinski definition) is 2. The zero-order valence-electron chi connectivity index (χ0n) is 9.02. The van der Waals surface area contributed by atoms with Gasteiger partial charge in [0.25, 0.3) is 0 Å². The molecule has 0 aromatic heterocycles. The summed E-state index contributed by atoms with van der Waals surface area (Å²) in [4.78, 5) is 0. The Morgan fingerprint density at radius 2 is 2.00 bits per heavy atom. The van der Waals surface area contributed by atoms with Crippen molar-refractivity contribution in [3.05, 3.63) is 0 Å². The van der Waals surface area contributed by atoms with Crippen LogP contribution in [0.4, 0.5) is 0 Å². The smallest absolute Gasteiger partial charge is 0.0879 e. The fourth-order valence-corrected chi connectivity index (χ4v) is 1.79. The molecular formula is C10H20ClIO2. The van der Waals surface area contributed by atoms with Gasteiger partial charge in [0.05, 0.1) is 24.7 Å². The lowest BCUT2D eigenvalue weighted by Crippen LogP contribution is -2.34. The zero-order valence-corrected chi connectivity index (χ0v) is 11.9. The van der Waals surface area contributed by atoms with Crippen LogP contribution in [0.1, 0.15) is 26.7 Å². The van der Waals surface area contributed by atoms with E-state index >= 15 is 0 Å². The molecule has 0 saturated heterocycles. The number of unbranched alkanes of at least 4 members (excludes halogenated alkanes) is 1. The van der Waals surface area contributed by atoms with Crippen LogP contribution in [0, 0.1) is 0 Å². The van der Waals surface area contributed by atoms with Gasteiger partial charge in [-0.05, 0) is 13.3 Å². The van der Waals surface area contributed by atoms with E-state index < -0.39 is 0 Å². The maximum Gasteiger partial charge on any atom is 0.0879 e. The van der Waals surface area contributed by atoms with E-state index in [-0.39, 0.29) is 5.60 Å². The van der Waals surface area contributed by atoms with Gasteiger partial charge in [-0.15, -0.1) is 11.6 Å². The first-order valence-corrected chi connectivity index (χ1v) is 7.08. The van der Waals surface area contributed by atoms with Crippen LogP contribution in [0.2, 0.25) is 0 Å². The van der Waals surface area contributed by atoms with E-state index in [2.05, 4.69) is 29.5 Å². The van der Waals surface area contributed by atoms with Crippen molar-refractivity contribution in [2.75, 3.05) is 30.1 Å². The topological polar surface area (TPSA) is 18.5 Å². The van der Waals surface area contributed by atoms with Gasteiger partial charge in [0.1, 0.15) is 0 Å². The lowest BCUT2D eigenvalue weighted by atomic mass is 10.2. The molecule has 14 heavy (non-hydrogen) atoms. The maximum atomic E-state index is 5.80. The summed E-state index contributed by atoms with van der Waals surface area (Å²) in [6.07, 6.45) is 2.30. The van der Waals surface area contributed by atoms with Crippen molar-refractivity contribution in [3.63, 3.8) is 0 Å². The molecule has 0 aromatic rings. The van der Waals surface area contributed by atoms with E-state index in [9.17, 15) is 0 Å². The number of alkyl halides is 2. The van der Waals surface area contributed by atoms with E-state index in [0.29, 0.717) is 19.1 Å². The largest absolute Gasteiger partial charge is 0.379 e. The van der Waals surface area contributed by atoms with Crippen LogP contribution >= 0.6 is 34.2 Å². The minimum atomic E-state index is -0.198. The molecule has 0 fully saturated rings. The molecule has 0 N–H and O–H groups in total. The van der Waals surface area contributed by atoms with Gasteiger partial charge in [-0.25, -0.2) is 0 Å². The molecule has 1 unspecified atom stereocenters. The molecular weight excluding hydrogens is 314 g/mol. The second-order valence-electron chi connectivity index (χ2n) is 3.53. The van der Waals surface area contributed by atoms with Gasteiger partial charge < -0.3 is 9.47 Å². The molecule has 0 saturated carbocycles. The summed E-state index contributed by atoms with van der Waals surface area (Å²) in [5.41, 5.74) is -0.198. The molecule has 0 radical (unpaired) electrons. The third kappa shape index (κ3) is 7.26. The van der Waals surface area contributed by atoms with Crippen molar-refractivity contribution >= 4 is 34.2 Å². The highest BCUT2D eigenvalue weighted by Crippen LogP contribution is 2.15. The molecule has 86 valence electrons. The van der Waals surface area contributed by atoms with Gasteiger partial charge in [0.15, 0.2) is 0 Å². The molecule has 0 spiro atoms. The van der Waals surface area contributed by atoms with Crippen molar-refractivity contribution in [2.24, 2.45) is 0 Å². The first kappa shape index (κ1) is 14.9. The van der Waals surface area contributed by atoms with Crippen molar-refractivity contribution in [1.29, 1.82) is 0 Å². The first-order chi connectivity index (χ1) is 6.68. The Morgan fingerprint density at radius 3 is 2.50 bits per heavy atom. The van der Waals surface area contributed by atoms with Crippen LogP contribution in [0.15, 0.2) is 0 Å². The molecule has 0 amide bonds. The van der Waals surface area contributed by atoms with E-state index in [1.165, 1.54) is 6.42 Å². The summed E-state index contributed by atoms with van der Waals surface area (Å²) in [5.74, 6) is 0.533. The number of halogens is 2. The molecule has 0 aliphatic heterocycles. The van der Waals surface area contributed by atoms with Crippen molar-refractivity contribution < 1.29 is 9.47 Å². The summed E-state index contributed by atoms with van der Waals surface area (Å²) in [6, 6.07) is 0. The SMILES string of the molecule is CCCCOCCOC(C)(CCl)CI. The van der Waals surface area contributed by atoms with E-state index in [1.807, 2.05) is 6.92 Å². The second kappa shape index (κ2) is 9.19. The Morgan fingerprint density at radius 1 is 1.29 bits per heavy atom. The van der Waals surface area contributed by atoms with Gasteiger partial charge >= 0.3 is 0 Å². The van der Waals surface area contributed by atoms with Crippen LogP contribution in [0.25, 0.3) is 0 Å². The molecule has 0 rings (SSSR count). The van der Waals surface area contributed by atoms with E-state index in [1.54, 1.807) is 0 Å². The Hall–Kier alpha value is 0.940. The molecule has 0 aliphatic carbocycles. The summed E-state index contributed by atoms with van der Waals surface area (Å²) in [5, 5.41) is 0. The van der Waals surface area contributed by atoms with E-state index in [4.69, 9.17) is 21.1 Å². The van der Waals surface area contributed by atoms with Crippen LogP contribution in [-0.4, -0.2) is 35.7 Å². The highest BCUT2D eigenvalue weighted by Gasteiger charge is 2.21. The monoisotopic (exact) mass is 334 g/mol.